The van der Waals surface area contributed by atoms with Gasteiger partial charge in [0.15, 0.2) is 0 Å². The summed E-state index contributed by atoms with van der Waals surface area (Å²) in [5.41, 5.74) is -1.62. The average Bonchev–Trinajstić information content (AvgIpc) is 1.46. The first-order chi connectivity index (χ1) is 47.6. The molecule has 578 valence electrons. The molecule has 102 heavy (non-hydrogen) atoms. The minimum Gasteiger partial charge on any atom is -0.343 e. The van der Waals surface area contributed by atoms with Crippen molar-refractivity contribution in [1.82, 2.24) is 60.0 Å². The molecule has 3 heterocycles. The van der Waals surface area contributed by atoms with Gasteiger partial charge in [-0.15, -0.1) is 11.6 Å². The normalized spacial score (nSPS) is 30.2. The predicted molar refractivity (Wildman–Crippen MR) is 368 cm³/mol. The van der Waals surface area contributed by atoms with Crippen LogP contribution in [0.25, 0.3) is 0 Å². The molecule has 12 amide bonds. The van der Waals surface area contributed by atoms with E-state index in [0.29, 0.717) is 45.2 Å². The van der Waals surface area contributed by atoms with Crippen molar-refractivity contribution in [3.05, 3.63) is 0 Å². The number of piperidine rings is 1. The molecule has 24 nitrogen and oxygen atoms in total. The van der Waals surface area contributed by atoms with Gasteiger partial charge >= 0.3 is 12.4 Å². The summed E-state index contributed by atoms with van der Waals surface area (Å²) in [6.07, 6.45) is -6.24. The summed E-state index contributed by atoms with van der Waals surface area (Å²) < 4.78 is 84.9. The molecule has 0 aromatic heterocycles. The Hall–Kier alpha value is -6.49. The number of nitrogens with one attached hydrogen (secondary N) is 3. The summed E-state index contributed by atoms with van der Waals surface area (Å²) in [7, 11) is 9.26. The molecular weight excluding hydrogens is 1360 g/mol. The zero-order valence-corrected chi connectivity index (χ0v) is 62.8. The molecule has 3 N–H and O–H groups in total. The highest BCUT2D eigenvalue weighted by molar-refractivity contribution is 6.21. The molecule has 3 aliphatic carbocycles. The number of halogens is 7. The molecule has 6 aliphatic rings. The molecule has 1 spiro atoms. The van der Waals surface area contributed by atoms with Crippen molar-refractivity contribution in [2.24, 2.45) is 41.4 Å². The molecule has 6 fully saturated rings. The highest BCUT2D eigenvalue weighted by Gasteiger charge is 2.52. The number of likely N-dealkylation sites (N-methyl/N-ethyl adjacent to an activating group) is 7. The molecule has 13 atom stereocenters. The highest BCUT2D eigenvalue weighted by atomic mass is 35.5. The Balaban J connectivity index is 1.42. The average molecular weight is 1480 g/mol. The quantitative estimate of drug-likeness (QED) is 0.151. The van der Waals surface area contributed by atoms with E-state index in [0.717, 1.165) is 26.0 Å². The number of nitrogens with zero attached hydrogens (tertiary/aromatic N) is 9. The summed E-state index contributed by atoms with van der Waals surface area (Å²) in [5, 5.41) is 7.28. The van der Waals surface area contributed by atoms with Crippen molar-refractivity contribution in [2.75, 3.05) is 88.6 Å². The first-order valence-electron chi connectivity index (χ1n) is 36.7. The molecule has 0 bridgehead atoms. The maximum atomic E-state index is 15.4. The van der Waals surface area contributed by atoms with Crippen LogP contribution in [0.15, 0.2) is 0 Å². The number of likely N-dealkylation sites (tertiary alicyclic amines) is 1. The number of hydrogen-bond donors (Lipinski definition) is 3. The summed E-state index contributed by atoms with van der Waals surface area (Å²) in [6.45, 7) is 9.13. The minimum atomic E-state index is -4.56. The van der Waals surface area contributed by atoms with E-state index in [4.69, 9.17) is 11.6 Å². The zero-order valence-electron chi connectivity index (χ0n) is 62.0. The van der Waals surface area contributed by atoms with Crippen LogP contribution in [0.2, 0.25) is 0 Å². The van der Waals surface area contributed by atoms with Gasteiger partial charge in [0.05, 0.1) is 37.9 Å². The van der Waals surface area contributed by atoms with Gasteiger partial charge in [0.2, 0.25) is 70.9 Å². The van der Waals surface area contributed by atoms with E-state index in [1.54, 1.807) is 32.6 Å². The Morgan fingerprint density at radius 3 is 1.78 bits per heavy atom. The minimum absolute atomic E-state index is 0.00681. The Morgan fingerprint density at radius 1 is 0.578 bits per heavy atom. The lowest BCUT2D eigenvalue weighted by atomic mass is 9.78. The van der Waals surface area contributed by atoms with E-state index in [-0.39, 0.29) is 109 Å². The molecule has 31 heteroatoms. The molecule has 3 saturated carbocycles. The van der Waals surface area contributed by atoms with E-state index < -0.39 is 198 Å². The van der Waals surface area contributed by atoms with Gasteiger partial charge < -0.3 is 60.0 Å². The molecule has 0 aromatic carbocycles. The molecule has 0 aromatic rings. The van der Waals surface area contributed by atoms with Crippen molar-refractivity contribution in [3.63, 3.8) is 0 Å². The van der Waals surface area contributed by atoms with Crippen molar-refractivity contribution in [2.45, 2.75) is 248 Å². The van der Waals surface area contributed by atoms with Crippen LogP contribution in [0, 0.1) is 41.4 Å². The van der Waals surface area contributed by atoms with Crippen LogP contribution < -0.4 is 16.0 Å². The molecule has 3 saturated heterocycles. The van der Waals surface area contributed by atoms with E-state index in [1.807, 2.05) is 13.8 Å². The number of carbonyl (C=O) groups excluding carboxylic acids is 12. The van der Waals surface area contributed by atoms with Crippen LogP contribution in [-0.2, 0) is 57.5 Å². The van der Waals surface area contributed by atoms with Gasteiger partial charge in [0.25, 0.3) is 0 Å². The van der Waals surface area contributed by atoms with Gasteiger partial charge in [-0.1, -0.05) is 73.6 Å². The Kier molecular flexibility index (Phi) is 30.2. The number of rotatable bonds is 11. The van der Waals surface area contributed by atoms with Crippen LogP contribution in [0.3, 0.4) is 0 Å². The van der Waals surface area contributed by atoms with Crippen LogP contribution >= 0.6 is 11.6 Å². The number of amides is 12. The van der Waals surface area contributed by atoms with Crippen LogP contribution in [0.5, 0.6) is 0 Å². The van der Waals surface area contributed by atoms with E-state index in [1.165, 1.54) is 68.9 Å². The fourth-order valence-electron chi connectivity index (χ4n) is 16.0. The number of hydrogen-bond acceptors (Lipinski definition) is 12. The van der Waals surface area contributed by atoms with E-state index in [9.17, 15) is 64.7 Å². The third-order valence-electron chi connectivity index (χ3n) is 22.5. The Bertz CT molecular complexity index is 2990. The number of fused-ring (bicyclic) bond motifs is 1. The van der Waals surface area contributed by atoms with Gasteiger partial charge in [-0.05, 0) is 132 Å². The first-order valence-corrected chi connectivity index (χ1v) is 37.2. The highest BCUT2D eigenvalue weighted by Crippen LogP contribution is 2.45. The van der Waals surface area contributed by atoms with Gasteiger partial charge in [0.1, 0.15) is 47.8 Å². The second-order valence-electron chi connectivity index (χ2n) is 30.9. The fourth-order valence-corrected chi connectivity index (χ4v) is 16.5. The fraction of sp³-hybridized carbons (Fsp3) is 0.831. The molecule has 3 aliphatic heterocycles. The number of alkyl halides is 7. The maximum Gasteiger partial charge on any atom is 0.393 e. The molecule has 0 radical (unpaired) electrons. The lowest BCUT2D eigenvalue weighted by molar-refractivity contribution is -0.186. The second kappa shape index (κ2) is 36.5. The van der Waals surface area contributed by atoms with Crippen LogP contribution in [-0.4, -0.2) is 269 Å². The summed E-state index contributed by atoms with van der Waals surface area (Å²) >= 11 is 6.37. The van der Waals surface area contributed by atoms with E-state index >= 15 is 19.2 Å². The predicted octanol–water partition coefficient (Wildman–Crippen LogP) is 6.35. The standard InChI is InChI=1S/C71H113ClF6N12O12/c1-14-44(6)59-66(100)84(9)40-57(93)82(7)41-58(94)86(11)53(37-46-22-20-23-47(35-46)70(73,74)75)64(98)83(8)39-55(91)79-50(28-26-45-25-27-48(49(72)36-45)71(76,77)78)63(97)90-33-21-24-51(90)62(96)81-69(29-16-17-30-69)68(102)88(13)60(43(4)5)67(101)87(12)54(65(99)89-31-18-15-19-32-89)38-56(92)85(10)52(34-42(2)3)61(95)80-59/h42-54,59-60H,14-41H2,1-13H3,(H,79,91)(H,80,95)(H,81,96)/t44-,45?,46?,47?,48?,49?,50-,51-,52-,53-,54-,59-,60-/m0/s1. The van der Waals surface area contributed by atoms with Crippen LogP contribution in [0.4, 0.5) is 26.3 Å². The largest absolute Gasteiger partial charge is 0.393 e. The molecule has 6 rings (SSSR count). The maximum absolute atomic E-state index is 15.4. The molecule has 5 unspecified atom stereocenters. The van der Waals surface area contributed by atoms with Crippen molar-refractivity contribution in [1.29, 1.82) is 0 Å². The zero-order chi connectivity index (χ0) is 76.2. The lowest BCUT2D eigenvalue weighted by Gasteiger charge is -2.42. The third-order valence-corrected chi connectivity index (χ3v) is 23.0. The van der Waals surface area contributed by atoms with Gasteiger partial charge in [-0.2, -0.15) is 26.3 Å². The first kappa shape index (κ1) is 84.4. The SMILES string of the molecule is CC[C@H](C)[C@@H]1NC(=O)[C@H](CC(C)C)N(C)C(=O)C[C@@H](C(=O)N2CCCCC2)N(C)C(=O)[C@H](C(C)C)N(C)C(=O)C2(CCCC2)NC(=O)[C@@H]2CCCN2C(=O)[C@H](CCC2CCC(C(F)(F)F)C(Cl)C2)NC(=O)CN(C)C(=O)[C@H](CC2CCCC(C(F)(F)F)C2)N(C)C(=O)CN(C)C(=O)CN(C)C1=O. The Labute approximate surface area is 602 Å². The summed E-state index contributed by atoms with van der Waals surface area (Å²) in [5.74, 6) is -14.9. The van der Waals surface area contributed by atoms with Crippen LogP contribution in [0.1, 0.15) is 183 Å². The van der Waals surface area contributed by atoms with Crippen molar-refractivity contribution >= 4 is 82.5 Å². The summed E-state index contributed by atoms with van der Waals surface area (Å²) in [4.78, 5) is 189. The van der Waals surface area contributed by atoms with Gasteiger partial charge in [-0.3, -0.25) is 57.5 Å². The number of carbonyl (C=O) groups is 12. The lowest BCUT2D eigenvalue weighted by Crippen LogP contribution is -2.65. The van der Waals surface area contributed by atoms with E-state index in [2.05, 4.69) is 16.0 Å². The molecular formula is C71H113ClF6N12O12. The smallest absolute Gasteiger partial charge is 0.343 e. The van der Waals surface area contributed by atoms with Gasteiger partial charge in [-0.25, -0.2) is 0 Å². The monoisotopic (exact) mass is 1470 g/mol. The van der Waals surface area contributed by atoms with Gasteiger partial charge in [0, 0.05) is 74.3 Å². The van der Waals surface area contributed by atoms with Crippen molar-refractivity contribution < 1.29 is 83.9 Å². The second-order valence-corrected chi connectivity index (χ2v) is 31.4. The third kappa shape index (κ3) is 21.4. The topological polar surface area (TPSA) is 270 Å². The summed E-state index contributed by atoms with van der Waals surface area (Å²) in [6, 6.07) is -9.44. The Morgan fingerprint density at radius 2 is 1.20 bits per heavy atom. The van der Waals surface area contributed by atoms with Crippen molar-refractivity contribution in [3.8, 4) is 0 Å².